The Morgan fingerprint density at radius 3 is 2.47 bits per heavy atom. The van der Waals surface area contributed by atoms with Crippen LogP contribution in [0.2, 0.25) is 5.02 Å². The molecule has 36 heavy (non-hydrogen) atoms. The zero-order valence-corrected chi connectivity index (χ0v) is 20.6. The maximum Gasteiger partial charge on any atom is 0.573 e. The number of hydrogen-bond donors (Lipinski definition) is 1. The minimum absolute atomic E-state index is 0.0945. The number of methoxy groups -OCH3 is 1. The van der Waals surface area contributed by atoms with Crippen molar-refractivity contribution in [1.82, 2.24) is 15.0 Å². The maximum atomic E-state index is 12.5. The molecule has 1 aliphatic rings. The van der Waals surface area contributed by atoms with Crippen molar-refractivity contribution in [2.24, 2.45) is 0 Å². The van der Waals surface area contributed by atoms with E-state index in [-0.39, 0.29) is 16.0 Å². The summed E-state index contributed by atoms with van der Waals surface area (Å²) < 4.78 is 48.1. The number of halogens is 4. The highest BCUT2D eigenvalue weighted by Gasteiger charge is 2.32. The molecule has 8 nitrogen and oxygen atoms in total. The normalized spacial score (nSPS) is 14.6. The minimum atomic E-state index is -4.82. The number of carboxylic acids is 1. The molecular formula is C23H22ClF3N4O4S. The molecule has 1 fully saturated rings. The third kappa shape index (κ3) is 6.35. The molecule has 0 bridgehead atoms. The van der Waals surface area contributed by atoms with Gasteiger partial charge in [0, 0.05) is 24.0 Å². The molecule has 0 atom stereocenters. The Morgan fingerprint density at radius 1 is 1.19 bits per heavy atom. The second-order valence-electron chi connectivity index (χ2n) is 8.02. The second-order valence-corrected chi connectivity index (χ2v) is 9.72. The zero-order valence-electron chi connectivity index (χ0n) is 19.0. The number of alkyl halides is 3. The van der Waals surface area contributed by atoms with E-state index in [2.05, 4.69) is 15.0 Å². The number of ether oxygens (including phenoxy) is 2. The number of benzene rings is 2. The number of rotatable bonds is 8. The van der Waals surface area contributed by atoms with E-state index in [1.165, 1.54) is 30.0 Å². The fraction of sp³-hybridized carbons (Fsp3) is 0.348. The van der Waals surface area contributed by atoms with Crippen LogP contribution in [-0.4, -0.2) is 57.9 Å². The van der Waals surface area contributed by atoms with E-state index in [1.54, 1.807) is 11.8 Å². The number of carbonyl (C=O) groups is 1. The van der Waals surface area contributed by atoms with Crippen LogP contribution in [-0.2, 0) is 6.54 Å². The van der Waals surface area contributed by atoms with Crippen molar-refractivity contribution in [3.8, 4) is 11.5 Å². The van der Waals surface area contributed by atoms with E-state index < -0.39 is 18.1 Å². The summed E-state index contributed by atoms with van der Waals surface area (Å²) in [6.07, 6.45) is -3.38. The number of aromatic nitrogens is 3. The summed E-state index contributed by atoms with van der Waals surface area (Å²) in [6, 6.07) is 11.6. The molecule has 1 aliphatic heterocycles. The molecule has 1 saturated heterocycles. The molecule has 0 spiro atoms. The quantitative estimate of drug-likeness (QED) is 0.408. The molecule has 1 aromatic heterocycles. The van der Waals surface area contributed by atoms with Gasteiger partial charge in [0.05, 0.1) is 18.7 Å². The lowest BCUT2D eigenvalue weighted by Gasteiger charge is -2.33. The van der Waals surface area contributed by atoms with E-state index in [0.717, 1.165) is 18.4 Å². The molecule has 13 heteroatoms. The third-order valence-electron chi connectivity index (χ3n) is 5.61. The monoisotopic (exact) mass is 542 g/mol. The lowest BCUT2D eigenvalue weighted by Crippen LogP contribution is -2.35. The van der Waals surface area contributed by atoms with Crippen molar-refractivity contribution in [2.75, 3.05) is 25.1 Å². The van der Waals surface area contributed by atoms with Gasteiger partial charge >= 0.3 is 12.3 Å². The van der Waals surface area contributed by atoms with Crippen molar-refractivity contribution in [2.45, 2.75) is 36.0 Å². The number of piperidine rings is 1. The van der Waals surface area contributed by atoms with Crippen LogP contribution in [0.5, 0.6) is 11.5 Å². The highest BCUT2D eigenvalue weighted by Crippen LogP contribution is 2.37. The molecule has 1 N–H and O–H groups in total. The molecule has 0 radical (unpaired) electrons. The first kappa shape index (κ1) is 26.0. The molecule has 0 unspecified atom stereocenters. The summed E-state index contributed by atoms with van der Waals surface area (Å²) in [5, 5.41) is 18.0. The van der Waals surface area contributed by atoms with Crippen LogP contribution in [0, 0.1) is 0 Å². The number of thioether (sulfide) groups is 1. The average molecular weight is 543 g/mol. The van der Waals surface area contributed by atoms with Crippen LogP contribution in [0.25, 0.3) is 0 Å². The fourth-order valence-corrected chi connectivity index (χ4v) is 5.28. The van der Waals surface area contributed by atoms with Crippen LogP contribution in [0.4, 0.5) is 18.9 Å². The lowest BCUT2D eigenvalue weighted by molar-refractivity contribution is -0.274. The van der Waals surface area contributed by atoms with Crippen LogP contribution in [0.15, 0.2) is 47.5 Å². The highest BCUT2D eigenvalue weighted by molar-refractivity contribution is 8.00. The lowest BCUT2D eigenvalue weighted by atomic mass is 10.1. The van der Waals surface area contributed by atoms with Crippen molar-refractivity contribution in [1.29, 1.82) is 0 Å². The first-order chi connectivity index (χ1) is 17.1. The smallest absolute Gasteiger partial charge is 0.497 e. The number of nitrogens with zero attached hydrogens (tertiary/aromatic N) is 4. The van der Waals surface area contributed by atoms with E-state index in [0.29, 0.717) is 36.1 Å². The Hall–Kier alpha value is -3.12. The fourth-order valence-electron chi connectivity index (χ4n) is 3.85. The Bertz CT molecular complexity index is 1220. The number of aromatic carboxylic acids is 1. The van der Waals surface area contributed by atoms with E-state index in [1.807, 2.05) is 29.2 Å². The van der Waals surface area contributed by atoms with E-state index in [4.69, 9.17) is 16.3 Å². The summed E-state index contributed by atoms with van der Waals surface area (Å²) in [5.41, 5.74) is 1.52. The molecule has 0 saturated carbocycles. The number of carboxylic acid groups (broad SMARTS) is 1. The number of hydrogen-bond acceptors (Lipinski definition) is 7. The van der Waals surface area contributed by atoms with Crippen LogP contribution in [0.3, 0.4) is 0 Å². The molecule has 4 rings (SSSR count). The van der Waals surface area contributed by atoms with Gasteiger partial charge in [0.2, 0.25) is 5.69 Å². The zero-order chi connectivity index (χ0) is 25.9. The van der Waals surface area contributed by atoms with Gasteiger partial charge in [0.1, 0.15) is 16.5 Å². The van der Waals surface area contributed by atoms with Gasteiger partial charge in [-0.1, -0.05) is 28.9 Å². The van der Waals surface area contributed by atoms with E-state index in [9.17, 15) is 23.1 Å². The van der Waals surface area contributed by atoms with Crippen molar-refractivity contribution in [3.05, 3.63) is 58.7 Å². The largest absolute Gasteiger partial charge is 0.573 e. The summed E-state index contributed by atoms with van der Waals surface area (Å²) in [5.74, 6) is -0.877. The molecule has 0 amide bonds. The van der Waals surface area contributed by atoms with Gasteiger partial charge in [-0.05, 0) is 48.7 Å². The first-order valence-electron chi connectivity index (χ1n) is 10.9. The Kier molecular flexibility index (Phi) is 7.84. The SMILES string of the molecule is COc1ccc(Cn2nnc(C(=O)O)c2SC2CCN(c3ccc(OC(F)(F)F)c(Cl)c3)CC2)cc1. The van der Waals surface area contributed by atoms with Gasteiger partial charge < -0.3 is 19.5 Å². The average Bonchev–Trinajstić information content (AvgIpc) is 3.23. The van der Waals surface area contributed by atoms with Crippen LogP contribution >= 0.6 is 23.4 Å². The predicted molar refractivity (Wildman–Crippen MR) is 128 cm³/mol. The minimum Gasteiger partial charge on any atom is -0.497 e. The van der Waals surface area contributed by atoms with Gasteiger partial charge in [-0.2, -0.15) is 0 Å². The maximum absolute atomic E-state index is 12.5. The van der Waals surface area contributed by atoms with Crippen LogP contribution < -0.4 is 14.4 Å². The Morgan fingerprint density at radius 2 is 1.89 bits per heavy atom. The molecule has 0 aliphatic carbocycles. The summed E-state index contributed by atoms with van der Waals surface area (Å²) in [7, 11) is 1.58. The van der Waals surface area contributed by atoms with Gasteiger partial charge in [-0.3, -0.25) is 0 Å². The standard InChI is InChI=1S/C23H22ClF3N4O4S/c1-34-16-5-2-14(3-6-16)13-31-21(20(22(32)33)28-29-31)36-17-8-10-30(11-9-17)15-4-7-19(18(24)12-15)35-23(25,26)27/h2-7,12,17H,8-11,13H2,1H3,(H,32,33). The topological polar surface area (TPSA) is 89.7 Å². The Balaban J connectivity index is 1.42. The van der Waals surface area contributed by atoms with Gasteiger partial charge in [-0.25, -0.2) is 9.48 Å². The molecule has 192 valence electrons. The van der Waals surface area contributed by atoms with Gasteiger partial charge in [0.15, 0.2) is 0 Å². The van der Waals surface area contributed by atoms with Gasteiger partial charge in [-0.15, -0.1) is 30.0 Å². The third-order valence-corrected chi connectivity index (χ3v) is 7.34. The van der Waals surface area contributed by atoms with Crippen molar-refractivity contribution >= 4 is 35.0 Å². The summed E-state index contributed by atoms with van der Waals surface area (Å²) in [6.45, 7) is 1.60. The molecule has 2 heterocycles. The van der Waals surface area contributed by atoms with Gasteiger partial charge in [0.25, 0.3) is 0 Å². The van der Waals surface area contributed by atoms with Crippen molar-refractivity contribution in [3.63, 3.8) is 0 Å². The summed E-state index contributed by atoms with van der Waals surface area (Å²) in [4.78, 5) is 13.8. The van der Waals surface area contributed by atoms with Crippen LogP contribution in [0.1, 0.15) is 28.9 Å². The molecular weight excluding hydrogens is 521 g/mol. The molecule has 2 aromatic carbocycles. The summed E-state index contributed by atoms with van der Waals surface area (Å²) >= 11 is 7.41. The first-order valence-corrected chi connectivity index (χ1v) is 12.2. The Labute approximate surface area is 213 Å². The number of anilines is 1. The molecule has 3 aromatic rings. The van der Waals surface area contributed by atoms with E-state index >= 15 is 0 Å². The van der Waals surface area contributed by atoms with Crippen molar-refractivity contribution < 1.29 is 32.5 Å². The second kappa shape index (κ2) is 10.9. The highest BCUT2D eigenvalue weighted by atomic mass is 35.5. The predicted octanol–water partition coefficient (Wildman–Crippen LogP) is 5.35.